The number of halogens is 1. The zero-order chi connectivity index (χ0) is 22.1. The van der Waals surface area contributed by atoms with Gasteiger partial charge in [0, 0.05) is 5.02 Å². The second kappa shape index (κ2) is 9.04. The predicted octanol–water partition coefficient (Wildman–Crippen LogP) is 5.79. The third kappa shape index (κ3) is 4.50. The lowest BCUT2D eigenvalue weighted by molar-refractivity contribution is -0.634. The summed E-state index contributed by atoms with van der Waals surface area (Å²) in [5.41, 5.74) is 3.11. The predicted molar refractivity (Wildman–Crippen MR) is 125 cm³/mol. The van der Waals surface area contributed by atoms with Crippen LogP contribution in [0, 0.1) is 17.8 Å². The van der Waals surface area contributed by atoms with Gasteiger partial charge in [-0.1, -0.05) is 50.9 Å². The molecule has 1 aromatic heterocycles. The number of para-hydroxylation sites is 2. The van der Waals surface area contributed by atoms with Gasteiger partial charge in [0.1, 0.15) is 6.10 Å². The van der Waals surface area contributed by atoms with Crippen LogP contribution >= 0.6 is 11.6 Å². The van der Waals surface area contributed by atoms with Crippen molar-refractivity contribution < 1.29 is 14.1 Å². The first kappa shape index (κ1) is 21.9. The van der Waals surface area contributed by atoms with Gasteiger partial charge in [-0.15, -0.1) is 0 Å². The van der Waals surface area contributed by atoms with Crippen LogP contribution < -0.4 is 4.57 Å². The van der Waals surface area contributed by atoms with Crippen LogP contribution in [0.3, 0.4) is 0 Å². The molecule has 5 heteroatoms. The van der Waals surface area contributed by atoms with Crippen LogP contribution in [0.15, 0.2) is 48.5 Å². The SMILES string of the molecule is CC(C)[C@@H]1CC[C@@H](C)CC1OC(=O)Cn1c(-c2ccc(Cl)cc2)[n+](C)c2ccccc21. The molecule has 0 N–H and O–H groups in total. The first-order valence-corrected chi connectivity index (χ1v) is 11.7. The van der Waals surface area contributed by atoms with Crippen molar-refractivity contribution in [3.63, 3.8) is 0 Å². The van der Waals surface area contributed by atoms with Crippen molar-refractivity contribution >= 4 is 28.6 Å². The third-order valence-corrected chi connectivity index (χ3v) is 6.99. The molecule has 1 heterocycles. The third-order valence-electron chi connectivity index (χ3n) is 6.74. The number of benzene rings is 2. The minimum Gasteiger partial charge on any atom is -0.459 e. The van der Waals surface area contributed by atoms with Gasteiger partial charge in [-0.3, -0.25) is 0 Å². The summed E-state index contributed by atoms with van der Waals surface area (Å²) in [6.45, 7) is 6.92. The van der Waals surface area contributed by atoms with E-state index in [0.29, 0.717) is 22.8 Å². The molecule has 2 aromatic carbocycles. The quantitative estimate of drug-likeness (QED) is 0.372. The van der Waals surface area contributed by atoms with E-state index in [1.807, 2.05) is 43.4 Å². The molecule has 0 spiro atoms. The molecule has 0 amide bonds. The number of fused-ring (bicyclic) bond motifs is 1. The molecule has 3 aromatic rings. The second-order valence-corrected chi connectivity index (χ2v) is 9.76. The fraction of sp³-hybridized carbons (Fsp3) is 0.462. The Morgan fingerprint density at radius 2 is 1.87 bits per heavy atom. The van der Waals surface area contributed by atoms with Crippen molar-refractivity contribution in [2.75, 3.05) is 0 Å². The highest BCUT2D eigenvalue weighted by Crippen LogP contribution is 2.35. The Balaban J connectivity index is 1.67. The van der Waals surface area contributed by atoms with Crippen molar-refractivity contribution in [3.05, 3.63) is 53.6 Å². The molecule has 4 nitrogen and oxygen atoms in total. The molecule has 0 bridgehead atoms. The highest BCUT2D eigenvalue weighted by Gasteiger charge is 2.34. The minimum absolute atomic E-state index is 0.00538. The number of imidazole rings is 1. The Morgan fingerprint density at radius 3 is 2.58 bits per heavy atom. The number of carbonyl (C=O) groups is 1. The lowest BCUT2D eigenvalue weighted by Crippen LogP contribution is -2.37. The van der Waals surface area contributed by atoms with E-state index in [1.165, 1.54) is 6.42 Å². The molecule has 3 atom stereocenters. The largest absolute Gasteiger partial charge is 0.459 e. The summed E-state index contributed by atoms with van der Waals surface area (Å²) >= 11 is 6.11. The van der Waals surface area contributed by atoms with Crippen molar-refractivity contribution in [1.82, 2.24) is 4.57 Å². The number of hydrogen-bond acceptors (Lipinski definition) is 2. The zero-order valence-corrected chi connectivity index (χ0v) is 19.6. The van der Waals surface area contributed by atoms with Crippen LogP contribution in [0.25, 0.3) is 22.4 Å². The molecule has 4 rings (SSSR count). The Bertz CT molecular complexity index is 1070. The number of rotatable bonds is 5. The Hall–Kier alpha value is -2.33. The Morgan fingerprint density at radius 1 is 1.16 bits per heavy atom. The fourth-order valence-electron chi connectivity index (χ4n) is 5.08. The fourth-order valence-corrected chi connectivity index (χ4v) is 5.21. The zero-order valence-electron chi connectivity index (χ0n) is 18.8. The van der Waals surface area contributed by atoms with Gasteiger partial charge in [0.05, 0.1) is 12.6 Å². The van der Waals surface area contributed by atoms with E-state index in [-0.39, 0.29) is 18.6 Å². The maximum Gasteiger partial charge on any atom is 0.348 e. The van der Waals surface area contributed by atoms with Crippen molar-refractivity contribution in [2.45, 2.75) is 52.7 Å². The van der Waals surface area contributed by atoms with E-state index in [0.717, 1.165) is 35.3 Å². The van der Waals surface area contributed by atoms with Crippen LogP contribution in [-0.4, -0.2) is 16.6 Å². The maximum absolute atomic E-state index is 13.2. The highest BCUT2D eigenvalue weighted by molar-refractivity contribution is 6.30. The Kier molecular flexibility index (Phi) is 6.38. The van der Waals surface area contributed by atoms with Gasteiger partial charge in [0.25, 0.3) is 5.82 Å². The first-order chi connectivity index (χ1) is 14.8. The molecule has 1 unspecified atom stereocenters. The van der Waals surface area contributed by atoms with E-state index in [9.17, 15) is 4.79 Å². The van der Waals surface area contributed by atoms with Crippen molar-refractivity contribution in [2.24, 2.45) is 24.8 Å². The molecule has 1 fully saturated rings. The second-order valence-electron chi connectivity index (χ2n) is 9.32. The van der Waals surface area contributed by atoms with Crippen molar-refractivity contribution in [3.8, 4) is 11.4 Å². The standard InChI is InChI=1S/C26H32ClN2O2/c1-17(2)21-14-9-18(3)15-24(21)31-25(30)16-29-23-8-6-5-7-22(23)28(4)26(29)19-10-12-20(27)13-11-19/h5-8,10-13,17-18,21,24H,9,14-16H2,1-4H3/q+1/t18-,21+,24?/m1/s1. The molecule has 0 aliphatic heterocycles. The summed E-state index contributed by atoms with van der Waals surface area (Å²) in [6.07, 6.45) is 3.31. The van der Waals surface area contributed by atoms with Gasteiger partial charge < -0.3 is 4.74 Å². The molecule has 164 valence electrons. The molecule has 31 heavy (non-hydrogen) atoms. The molecular weight excluding hydrogens is 408 g/mol. The van der Waals surface area contributed by atoms with Crippen molar-refractivity contribution in [1.29, 1.82) is 0 Å². The number of hydrogen-bond donors (Lipinski definition) is 0. The van der Waals surface area contributed by atoms with Crippen LogP contribution in [0.1, 0.15) is 40.0 Å². The smallest absolute Gasteiger partial charge is 0.348 e. The van der Waals surface area contributed by atoms with Gasteiger partial charge in [-0.05, 0) is 67.0 Å². The number of nitrogens with zero attached hydrogens (tertiary/aromatic N) is 2. The number of esters is 1. The van der Waals surface area contributed by atoms with Crippen LogP contribution in [0.2, 0.25) is 5.02 Å². The van der Waals surface area contributed by atoms with Crippen LogP contribution in [0.5, 0.6) is 0 Å². The van der Waals surface area contributed by atoms with E-state index in [1.54, 1.807) is 0 Å². The molecule has 1 aliphatic carbocycles. The van der Waals surface area contributed by atoms with E-state index in [2.05, 4.69) is 42.0 Å². The summed E-state index contributed by atoms with van der Waals surface area (Å²) in [4.78, 5) is 13.2. The maximum atomic E-state index is 13.2. The molecule has 0 saturated heterocycles. The van der Waals surface area contributed by atoms with E-state index >= 15 is 0 Å². The summed E-state index contributed by atoms with van der Waals surface area (Å²) in [5.74, 6) is 2.35. The van der Waals surface area contributed by atoms with Gasteiger partial charge >= 0.3 is 5.97 Å². The monoisotopic (exact) mass is 439 g/mol. The summed E-state index contributed by atoms with van der Waals surface area (Å²) in [6, 6.07) is 15.9. The number of aromatic nitrogens is 2. The minimum atomic E-state index is -0.165. The normalized spacial score (nSPS) is 21.5. The van der Waals surface area contributed by atoms with Gasteiger partial charge in [-0.2, -0.15) is 0 Å². The van der Waals surface area contributed by atoms with Gasteiger partial charge in [0.2, 0.25) is 0 Å². The summed E-state index contributed by atoms with van der Waals surface area (Å²) < 4.78 is 10.3. The van der Waals surface area contributed by atoms with Crippen LogP contribution in [0.4, 0.5) is 0 Å². The number of aryl methyl sites for hydroxylation is 1. The molecule has 1 saturated carbocycles. The topological polar surface area (TPSA) is 35.1 Å². The van der Waals surface area contributed by atoms with Gasteiger partial charge in [-0.25, -0.2) is 13.9 Å². The molecule has 0 radical (unpaired) electrons. The van der Waals surface area contributed by atoms with Crippen LogP contribution in [-0.2, 0) is 23.1 Å². The lowest BCUT2D eigenvalue weighted by Gasteiger charge is -2.36. The molecular formula is C26H32ClN2O2+. The van der Waals surface area contributed by atoms with E-state index < -0.39 is 0 Å². The van der Waals surface area contributed by atoms with Gasteiger partial charge in [0.15, 0.2) is 17.6 Å². The average Bonchev–Trinajstić information content (AvgIpc) is 3.00. The number of ether oxygens (including phenoxy) is 1. The molecule has 1 aliphatic rings. The number of carbonyl (C=O) groups excluding carboxylic acids is 1. The van der Waals surface area contributed by atoms with E-state index in [4.69, 9.17) is 16.3 Å². The lowest BCUT2D eigenvalue weighted by atomic mass is 9.75. The highest BCUT2D eigenvalue weighted by atomic mass is 35.5. The Labute approximate surface area is 189 Å². The summed E-state index contributed by atoms with van der Waals surface area (Å²) in [5, 5.41) is 0.694. The first-order valence-electron chi connectivity index (χ1n) is 11.3. The average molecular weight is 440 g/mol. The summed E-state index contributed by atoms with van der Waals surface area (Å²) in [7, 11) is 2.03.